The Balaban J connectivity index is 2.34. The molecule has 0 aromatic heterocycles. The van der Waals surface area contributed by atoms with Crippen LogP contribution in [0.4, 0.5) is 0 Å². The van der Waals surface area contributed by atoms with Gasteiger partial charge in [0.05, 0.1) is 0 Å². The Kier molecular flexibility index (Phi) is 3.43. The van der Waals surface area contributed by atoms with Crippen molar-refractivity contribution in [1.29, 1.82) is 0 Å². The summed E-state index contributed by atoms with van der Waals surface area (Å²) < 4.78 is 0. The van der Waals surface area contributed by atoms with E-state index >= 15 is 0 Å². The molecule has 0 spiro atoms. The lowest BCUT2D eigenvalue weighted by Crippen LogP contribution is -1.93. The van der Waals surface area contributed by atoms with Gasteiger partial charge < -0.3 is 0 Å². The first kappa shape index (κ1) is 11.7. The van der Waals surface area contributed by atoms with Crippen LogP contribution >= 0.6 is 0 Å². The van der Waals surface area contributed by atoms with Crippen LogP contribution in [0.15, 0.2) is 49.0 Å². The van der Waals surface area contributed by atoms with E-state index in [1.54, 1.807) is 0 Å². The highest BCUT2D eigenvalue weighted by atomic mass is 14.1. The number of aryl methyl sites for hydroxylation is 2. The molecular formula is C17H18. The molecule has 0 atom stereocenters. The zero-order chi connectivity index (χ0) is 12.3. The van der Waals surface area contributed by atoms with Crippen LogP contribution in [0.2, 0.25) is 0 Å². The maximum Gasteiger partial charge on any atom is -0.00196 e. The van der Waals surface area contributed by atoms with Gasteiger partial charge >= 0.3 is 0 Å². The number of rotatable bonds is 3. The third kappa shape index (κ3) is 2.85. The molecule has 2 rings (SSSR count). The molecule has 0 saturated heterocycles. The van der Waals surface area contributed by atoms with Gasteiger partial charge in [-0.3, -0.25) is 0 Å². The number of hydrogen-bond donors (Lipinski definition) is 0. The van der Waals surface area contributed by atoms with Gasteiger partial charge in [-0.15, -0.1) is 0 Å². The number of benzene rings is 2. The van der Waals surface area contributed by atoms with E-state index < -0.39 is 0 Å². The van der Waals surface area contributed by atoms with E-state index in [0.29, 0.717) is 0 Å². The largest absolute Gasteiger partial charge is 0.0985 e. The Hall–Kier alpha value is -1.82. The van der Waals surface area contributed by atoms with Gasteiger partial charge in [-0.2, -0.15) is 0 Å². The molecule has 0 aliphatic heterocycles. The van der Waals surface area contributed by atoms with Crippen LogP contribution in [0.1, 0.15) is 27.8 Å². The molecule has 0 N–H and O–H groups in total. The van der Waals surface area contributed by atoms with Crippen molar-refractivity contribution in [3.63, 3.8) is 0 Å². The van der Waals surface area contributed by atoms with Crippen LogP contribution in [0.25, 0.3) is 6.08 Å². The van der Waals surface area contributed by atoms with Crippen molar-refractivity contribution in [2.75, 3.05) is 0 Å². The summed E-state index contributed by atoms with van der Waals surface area (Å²) in [6.07, 6.45) is 2.91. The van der Waals surface area contributed by atoms with Crippen molar-refractivity contribution >= 4 is 6.08 Å². The van der Waals surface area contributed by atoms with E-state index in [1.807, 2.05) is 6.08 Å². The fourth-order valence-corrected chi connectivity index (χ4v) is 2.29. The van der Waals surface area contributed by atoms with E-state index in [1.165, 1.54) is 27.8 Å². The van der Waals surface area contributed by atoms with Crippen molar-refractivity contribution in [3.05, 3.63) is 76.9 Å². The highest BCUT2D eigenvalue weighted by Gasteiger charge is 2.01. The van der Waals surface area contributed by atoms with Crippen LogP contribution in [0, 0.1) is 13.8 Å². The monoisotopic (exact) mass is 222 g/mol. The van der Waals surface area contributed by atoms with Crippen LogP contribution in [-0.2, 0) is 6.42 Å². The van der Waals surface area contributed by atoms with Crippen LogP contribution in [0.5, 0.6) is 0 Å². The average molecular weight is 222 g/mol. The second-order valence-corrected chi connectivity index (χ2v) is 4.58. The first-order valence-corrected chi connectivity index (χ1v) is 5.96. The summed E-state index contributed by atoms with van der Waals surface area (Å²) in [5, 5.41) is 0. The summed E-state index contributed by atoms with van der Waals surface area (Å²) >= 11 is 0. The SMILES string of the molecule is C=Cc1ccccc1Cc1cc(C)cc(C)c1. The van der Waals surface area contributed by atoms with Crippen molar-refractivity contribution in [2.45, 2.75) is 20.3 Å². The molecule has 0 bridgehead atoms. The Labute approximate surface area is 104 Å². The van der Waals surface area contributed by atoms with Crippen LogP contribution in [0.3, 0.4) is 0 Å². The van der Waals surface area contributed by atoms with Crippen molar-refractivity contribution in [2.24, 2.45) is 0 Å². The molecule has 0 saturated carbocycles. The average Bonchev–Trinajstić information content (AvgIpc) is 2.28. The second-order valence-electron chi connectivity index (χ2n) is 4.58. The summed E-state index contributed by atoms with van der Waals surface area (Å²) in [7, 11) is 0. The molecule has 2 aromatic rings. The summed E-state index contributed by atoms with van der Waals surface area (Å²) in [6, 6.07) is 15.2. The van der Waals surface area contributed by atoms with Crippen molar-refractivity contribution in [1.82, 2.24) is 0 Å². The molecule has 0 nitrogen and oxygen atoms in total. The van der Waals surface area contributed by atoms with Crippen LogP contribution < -0.4 is 0 Å². The summed E-state index contributed by atoms with van der Waals surface area (Å²) in [5.41, 5.74) is 6.60. The highest BCUT2D eigenvalue weighted by molar-refractivity contribution is 5.53. The zero-order valence-electron chi connectivity index (χ0n) is 10.5. The number of hydrogen-bond acceptors (Lipinski definition) is 0. The maximum absolute atomic E-state index is 3.87. The smallest absolute Gasteiger partial charge is 0.00196 e. The van der Waals surface area contributed by atoms with E-state index in [2.05, 4.69) is 62.9 Å². The topological polar surface area (TPSA) is 0 Å². The summed E-state index contributed by atoms with van der Waals surface area (Å²) in [4.78, 5) is 0. The fraction of sp³-hybridized carbons (Fsp3) is 0.176. The van der Waals surface area contributed by atoms with E-state index in [-0.39, 0.29) is 0 Å². The summed E-state index contributed by atoms with van der Waals surface area (Å²) in [5.74, 6) is 0. The van der Waals surface area contributed by atoms with E-state index in [0.717, 1.165) is 6.42 Å². The first-order chi connectivity index (χ1) is 8.19. The van der Waals surface area contributed by atoms with Gasteiger partial charge in [-0.25, -0.2) is 0 Å². The molecule has 17 heavy (non-hydrogen) atoms. The molecular weight excluding hydrogens is 204 g/mol. The fourth-order valence-electron chi connectivity index (χ4n) is 2.29. The second kappa shape index (κ2) is 5.01. The normalized spacial score (nSPS) is 10.2. The lowest BCUT2D eigenvalue weighted by Gasteiger charge is -2.08. The third-order valence-corrected chi connectivity index (χ3v) is 2.95. The minimum Gasteiger partial charge on any atom is -0.0985 e. The van der Waals surface area contributed by atoms with Gasteiger partial charge in [-0.05, 0) is 37.0 Å². The molecule has 0 heterocycles. The molecule has 2 aromatic carbocycles. The lowest BCUT2D eigenvalue weighted by molar-refractivity contribution is 1.16. The van der Waals surface area contributed by atoms with Crippen molar-refractivity contribution in [3.8, 4) is 0 Å². The molecule has 0 fully saturated rings. The predicted molar refractivity (Wildman–Crippen MR) is 75.3 cm³/mol. The molecule has 0 unspecified atom stereocenters. The molecule has 0 amide bonds. The van der Waals surface area contributed by atoms with Crippen molar-refractivity contribution < 1.29 is 0 Å². The Morgan fingerprint density at radius 1 is 1.00 bits per heavy atom. The molecule has 86 valence electrons. The Morgan fingerprint density at radius 2 is 1.65 bits per heavy atom. The minimum absolute atomic E-state index is 0.977. The van der Waals surface area contributed by atoms with Gasteiger partial charge in [0.1, 0.15) is 0 Å². The van der Waals surface area contributed by atoms with E-state index in [4.69, 9.17) is 0 Å². The first-order valence-electron chi connectivity index (χ1n) is 5.96. The molecule has 0 aliphatic rings. The summed E-state index contributed by atoms with van der Waals surface area (Å²) in [6.45, 7) is 8.17. The van der Waals surface area contributed by atoms with Gasteiger partial charge in [0.15, 0.2) is 0 Å². The maximum atomic E-state index is 3.87. The highest BCUT2D eigenvalue weighted by Crippen LogP contribution is 2.17. The molecule has 0 radical (unpaired) electrons. The molecule has 0 heteroatoms. The quantitative estimate of drug-likeness (QED) is 0.715. The zero-order valence-corrected chi connectivity index (χ0v) is 10.5. The van der Waals surface area contributed by atoms with Gasteiger partial charge in [-0.1, -0.05) is 66.2 Å². The minimum atomic E-state index is 0.977. The molecule has 0 aliphatic carbocycles. The standard InChI is InChI=1S/C17H18/c1-4-16-7-5-6-8-17(16)12-15-10-13(2)9-14(3)11-15/h4-11H,1,12H2,2-3H3. The Morgan fingerprint density at radius 3 is 2.29 bits per heavy atom. The van der Waals surface area contributed by atoms with E-state index in [9.17, 15) is 0 Å². The third-order valence-electron chi connectivity index (χ3n) is 2.95. The van der Waals surface area contributed by atoms with Gasteiger partial charge in [0.25, 0.3) is 0 Å². The van der Waals surface area contributed by atoms with Crippen LogP contribution in [-0.4, -0.2) is 0 Å². The lowest BCUT2D eigenvalue weighted by atomic mass is 9.97. The van der Waals surface area contributed by atoms with Gasteiger partial charge in [0.2, 0.25) is 0 Å². The van der Waals surface area contributed by atoms with Gasteiger partial charge in [0, 0.05) is 0 Å². The predicted octanol–water partition coefficient (Wildman–Crippen LogP) is 4.54. The Bertz CT molecular complexity index is 515.